The summed E-state index contributed by atoms with van der Waals surface area (Å²) >= 11 is 0. The molecule has 0 atom stereocenters. The summed E-state index contributed by atoms with van der Waals surface area (Å²) in [7, 11) is -0.284. The second-order valence-electron chi connectivity index (χ2n) is 10.1. The number of ether oxygens (including phenoxy) is 2. The smallest absolute Gasteiger partial charge is 0.218 e. The highest BCUT2D eigenvalue weighted by atomic mass is 28.4. The van der Waals surface area contributed by atoms with Crippen LogP contribution in [-0.2, 0) is 8.85 Å². The first-order valence-corrected chi connectivity index (χ1v) is 19.1. The maximum absolute atomic E-state index is 6.01. The van der Waals surface area contributed by atoms with E-state index in [1.165, 1.54) is 10.4 Å². The highest BCUT2D eigenvalue weighted by molar-refractivity contribution is 6.84. The van der Waals surface area contributed by atoms with E-state index in [9.17, 15) is 0 Å². The fourth-order valence-corrected chi connectivity index (χ4v) is 8.17. The molecule has 0 spiro atoms. The van der Waals surface area contributed by atoms with Crippen LogP contribution in [0.25, 0.3) is 24.3 Å². The van der Waals surface area contributed by atoms with Gasteiger partial charge in [0.05, 0.1) is 14.2 Å². The third kappa shape index (κ3) is 7.57. The maximum atomic E-state index is 6.01. The Bertz CT molecular complexity index is 1140. The van der Waals surface area contributed by atoms with Gasteiger partial charge in [0.1, 0.15) is 11.5 Å². The lowest BCUT2D eigenvalue weighted by Crippen LogP contribution is -2.44. The summed E-state index contributed by atoms with van der Waals surface area (Å²) in [6.07, 6.45) is 8.33. The molecule has 0 aliphatic carbocycles. The van der Waals surface area contributed by atoms with Crippen molar-refractivity contribution in [3.63, 3.8) is 0 Å². The maximum Gasteiger partial charge on any atom is 0.218 e. The Labute approximate surface area is 231 Å². The largest absolute Gasteiger partial charge is 0.496 e. The molecule has 0 fully saturated rings. The van der Waals surface area contributed by atoms with Crippen molar-refractivity contribution in [1.82, 2.24) is 0 Å². The van der Waals surface area contributed by atoms with Crippen molar-refractivity contribution < 1.29 is 18.3 Å². The van der Waals surface area contributed by atoms with E-state index in [1.807, 2.05) is 12.1 Å². The monoisotopic (exact) mass is 546 g/mol. The lowest BCUT2D eigenvalue weighted by atomic mass is 10.1. The predicted octanol–water partition coefficient (Wildman–Crippen LogP) is 6.94. The summed E-state index contributed by atoms with van der Waals surface area (Å²) in [5, 5.41) is 2.59. The first-order valence-electron chi connectivity index (χ1n) is 13.2. The molecule has 38 heavy (non-hydrogen) atoms. The Hall–Kier alpha value is -2.91. The summed E-state index contributed by atoms with van der Waals surface area (Å²) in [4.78, 5) is 0. The van der Waals surface area contributed by atoms with E-state index >= 15 is 0 Å². The van der Waals surface area contributed by atoms with Gasteiger partial charge in [-0.3, -0.25) is 0 Å². The molecule has 0 N–H and O–H groups in total. The Balaban J connectivity index is 1.81. The topological polar surface area (TPSA) is 36.9 Å². The van der Waals surface area contributed by atoms with Crippen molar-refractivity contribution in [3.8, 4) is 11.5 Å². The van der Waals surface area contributed by atoms with E-state index in [0.29, 0.717) is 0 Å². The fourth-order valence-electron chi connectivity index (χ4n) is 4.46. The Morgan fingerprint density at radius 2 is 0.895 bits per heavy atom. The number of methoxy groups -OCH3 is 2. The molecule has 0 aliphatic heterocycles. The molecule has 0 unspecified atom stereocenters. The van der Waals surface area contributed by atoms with Crippen LogP contribution in [0.1, 0.15) is 36.1 Å². The number of rotatable bonds is 12. The summed E-state index contributed by atoms with van der Waals surface area (Å²) in [6, 6.07) is 21.3. The van der Waals surface area contributed by atoms with Gasteiger partial charge in [-0.1, -0.05) is 72.8 Å². The molecular weight excluding hydrogens is 505 g/mol. The Kier molecular flexibility index (Phi) is 10.3. The van der Waals surface area contributed by atoms with Crippen LogP contribution in [0, 0.1) is 0 Å². The zero-order valence-corrected chi connectivity index (χ0v) is 26.1. The summed E-state index contributed by atoms with van der Waals surface area (Å²) in [5.74, 6) is 1.59. The molecule has 0 aliphatic rings. The molecular formula is C32H42O4Si2. The van der Waals surface area contributed by atoms with Crippen LogP contribution in [0.4, 0.5) is 0 Å². The van der Waals surface area contributed by atoms with Crippen molar-refractivity contribution in [2.75, 3.05) is 27.4 Å². The zero-order chi connectivity index (χ0) is 27.8. The van der Waals surface area contributed by atoms with E-state index in [4.69, 9.17) is 18.3 Å². The SMILES string of the molecule is CCO[Si](C)(C)c1ccc(/C=C/c2cc(OC)c(/C=C/c3ccc([Si](C)(C)OCC)cc3)cc2OC)cc1. The summed E-state index contributed by atoms with van der Waals surface area (Å²) in [5.41, 5.74) is 4.17. The van der Waals surface area contributed by atoms with Gasteiger partial charge in [0.25, 0.3) is 0 Å². The van der Waals surface area contributed by atoms with Gasteiger partial charge in [0.15, 0.2) is 0 Å². The summed E-state index contributed by atoms with van der Waals surface area (Å²) < 4.78 is 23.5. The van der Waals surface area contributed by atoms with Gasteiger partial charge in [-0.2, -0.15) is 0 Å². The first kappa shape index (κ1) is 29.6. The van der Waals surface area contributed by atoms with E-state index in [1.54, 1.807) is 14.2 Å². The molecule has 202 valence electrons. The predicted molar refractivity (Wildman–Crippen MR) is 168 cm³/mol. The molecule has 0 aromatic heterocycles. The average molecular weight is 547 g/mol. The Morgan fingerprint density at radius 1 is 0.553 bits per heavy atom. The summed E-state index contributed by atoms with van der Waals surface area (Å²) in [6.45, 7) is 14.5. The third-order valence-corrected chi connectivity index (χ3v) is 12.2. The van der Waals surface area contributed by atoms with Gasteiger partial charge in [-0.15, -0.1) is 0 Å². The average Bonchev–Trinajstić information content (AvgIpc) is 2.91. The highest BCUT2D eigenvalue weighted by Gasteiger charge is 2.25. The van der Waals surface area contributed by atoms with Gasteiger partial charge in [0.2, 0.25) is 16.6 Å². The molecule has 6 heteroatoms. The van der Waals surface area contributed by atoms with Crippen LogP contribution in [0.2, 0.25) is 26.2 Å². The van der Waals surface area contributed by atoms with Gasteiger partial charge in [-0.25, -0.2) is 0 Å². The van der Waals surface area contributed by atoms with E-state index < -0.39 is 16.6 Å². The molecule has 0 amide bonds. The molecule has 3 rings (SSSR count). The standard InChI is InChI=1S/C32H42O4Si2/c1-9-35-37(5,6)29-19-13-25(14-20-29)11-17-27-23-32(34-4)28(24-31(27)33-3)18-12-26-15-21-30(22-16-26)38(7,8)36-10-2/h11-24H,9-10H2,1-8H3/b17-11+,18-12+. The minimum atomic E-state index is -1.84. The molecule has 3 aromatic rings. The highest BCUT2D eigenvalue weighted by Crippen LogP contribution is 2.31. The van der Waals surface area contributed by atoms with Crippen molar-refractivity contribution in [2.45, 2.75) is 40.0 Å². The lowest BCUT2D eigenvalue weighted by Gasteiger charge is -2.22. The van der Waals surface area contributed by atoms with Crippen molar-refractivity contribution in [2.24, 2.45) is 0 Å². The van der Waals surface area contributed by atoms with Crippen LogP contribution in [-0.4, -0.2) is 44.1 Å². The normalized spacial score (nSPS) is 12.4. The molecule has 0 saturated carbocycles. The quantitative estimate of drug-likeness (QED) is 0.182. The molecule has 3 aromatic carbocycles. The van der Waals surface area contributed by atoms with Gasteiger partial charge >= 0.3 is 0 Å². The van der Waals surface area contributed by atoms with Crippen LogP contribution >= 0.6 is 0 Å². The van der Waals surface area contributed by atoms with Gasteiger partial charge in [-0.05, 0) is 73.7 Å². The van der Waals surface area contributed by atoms with E-state index in [2.05, 4.69) is 113 Å². The van der Waals surface area contributed by atoms with Crippen LogP contribution in [0.15, 0.2) is 60.7 Å². The van der Waals surface area contributed by atoms with Crippen molar-refractivity contribution >= 4 is 51.3 Å². The van der Waals surface area contributed by atoms with Gasteiger partial charge in [0, 0.05) is 24.3 Å². The second-order valence-corrected chi connectivity index (χ2v) is 17.9. The van der Waals surface area contributed by atoms with Gasteiger partial charge < -0.3 is 18.3 Å². The molecule has 0 saturated heterocycles. The molecule has 0 radical (unpaired) electrons. The van der Waals surface area contributed by atoms with Crippen LogP contribution in [0.5, 0.6) is 11.5 Å². The van der Waals surface area contributed by atoms with Crippen molar-refractivity contribution in [1.29, 1.82) is 0 Å². The third-order valence-electron chi connectivity index (χ3n) is 6.71. The van der Waals surface area contributed by atoms with E-state index in [-0.39, 0.29) is 0 Å². The first-order chi connectivity index (χ1) is 18.1. The Morgan fingerprint density at radius 3 is 1.18 bits per heavy atom. The molecule has 0 heterocycles. The minimum absolute atomic E-state index is 0.744. The number of benzene rings is 3. The second kappa shape index (κ2) is 13.2. The molecule has 4 nitrogen and oxygen atoms in total. The number of hydrogen-bond acceptors (Lipinski definition) is 4. The van der Waals surface area contributed by atoms with Crippen molar-refractivity contribution in [3.05, 3.63) is 82.9 Å². The fraction of sp³-hybridized carbons (Fsp3) is 0.312. The minimum Gasteiger partial charge on any atom is -0.496 e. The van der Waals surface area contributed by atoms with Crippen LogP contribution < -0.4 is 19.8 Å². The lowest BCUT2D eigenvalue weighted by molar-refractivity contribution is 0.338. The zero-order valence-electron chi connectivity index (χ0n) is 24.1. The van der Waals surface area contributed by atoms with E-state index in [0.717, 1.165) is 47.0 Å². The van der Waals surface area contributed by atoms with Crippen LogP contribution in [0.3, 0.4) is 0 Å². The molecule has 0 bridgehead atoms. The number of hydrogen-bond donors (Lipinski definition) is 0.